The molecule has 0 aromatic heterocycles. The van der Waals surface area contributed by atoms with Gasteiger partial charge in [0.1, 0.15) is 18.2 Å². The van der Waals surface area contributed by atoms with Crippen molar-refractivity contribution in [1.29, 1.82) is 5.26 Å². The molecule has 0 bridgehead atoms. The van der Waals surface area contributed by atoms with Gasteiger partial charge in [-0.1, -0.05) is 62.7 Å². The van der Waals surface area contributed by atoms with Crippen LogP contribution in [0.1, 0.15) is 31.9 Å². The third-order valence-corrected chi connectivity index (χ3v) is 4.11. The van der Waals surface area contributed by atoms with Crippen molar-refractivity contribution in [3.63, 3.8) is 0 Å². The van der Waals surface area contributed by atoms with Crippen LogP contribution < -0.4 is 0 Å². The van der Waals surface area contributed by atoms with Gasteiger partial charge in [-0.05, 0) is 17.7 Å². The lowest BCUT2D eigenvalue weighted by Gasteiger charge is -2.19. The molecule has 2 aromatic carbocycles. The molecule has 0 N–H and O–H groups in total. The number of hydrogen-bond donors (Lipinski definition) is 0. The normalized spacial score (nSPS) is 12.0. The smallest absolute Gasteiger partial charge is 0.281 e. The maximum Gasteiger partial charge on any atom is 0.281 e. The number of hydrogen-bond acceptors (Lipinski definition) is 5. The summed E-state index contributed by atoms with van der Waals surface area (Å²) in [4.78, 5) is 23.7. The molecule has 2 rings (SSSR count). The van der Waals surface area contributed by atoms with Crippen molar-refractivity contribution in [3.8, 4) is 6.07 Å². The lowest BCUT2D eigenvalue weighted by atomic mass is 9.85. The number of ether oxygens (including phenoxy) is 1. The van der Waals surface area contributed by atoms with Crippen LogP contribution in [0.5, 0.6) is 0 Å². The molecule has 0 saturated heterocycles. The molecule has 0 unspecified atom stereocenters. The Bertz CT molecular complexity index is 970. The maximum atomic E-state index is 12.8. The Labute approximate surface area is 168 Å². The van der Waals surface area contributed by atoms with E-state index in [1.54, 1.807) is 20.8 Å². The minimum absolute atomic E-state index is 0.0273. The Kier molecular flexibility index (Phi) is 6.55. The number of nitro groups is 1. The first-order chi connectivity index (χ1) is 13.1. The number of Topliss-reactive ketones (excluding diaryl/α,β-unsaturated/α-hetero) is 1. The molecular formula is C21H19ClN2O4. The van der Waals surface area contributed by atoms with Gasteiger partial charge in [-0.2, -0.15) is 5.26 Å². The van der Waals surface area contributed by atoms with Gasteiger partial charge in [-0.3, -0.25) is 14.9 Å². The Morgan fingerprint density at radius 1 is 1.21 bits per heavy atom. The lowest BCUT2D eigenvalue weighted by molar-refractivity contribution is -0.385. The van der Waals surface area contributed by atoms with Crippen molar-refractivity contribution in [2.75, 3.05) is 0 Å². The fraction of sp³-hybridized carbons (Fsp3) is 0.238. The van der Waals surface area contributed by atoms with E-state index in [-0.39, 0.29) is 34.2 Å². The van der Waals surface area contributed by atoms with E-state index in [0.717, 1.165) is 5.56 Å². The molecule has 144 valence electrons. The number of nitriles is 1. The molecular weight excluding hydrogens is 380 g/mol. The Hall–Kier alpha value is -3.17. The fourth-order valence-electron chi connectivity index (χ4n) is 2.44. The number of nitro benzene ring substituents is 1. The average Bonchev–Trinajstić information content (AvgIpc) is 2.65. The number of nitrogens with zero attached hydrogens (tertiary/aromatic N) is 2. The fourth-order valence-corrected chi connectivity index (χ4v) is 2.61. The Morgan fingerprint density at radius 3 is 2.39 bits per heavy atom. The standard InChI is InChI=1S/C21H19ClN2O4/c1-21(2,3)20(25)17(12-23)19(28-13-14-7-5-4-6-8-14)16-10-9-15(22)11-18(16)24(26)27/h4-11H,13H2,1-3H3/b19-17-. The number of ketones is 1. The number of rotatable bonds is 6. The van der Waals surface area contributed by atoms with E-state index in [1.807, 2.05) is 36.4 Å². The number of carbonyl (C=O) groups excluding carboxylic acids is 1. The van der Waals surface area contributed by atoms with Crippen LogP contribution in [0.2, 0.25) is 5.02 Å². The minimum Gasteiger partial charge on any atom is -0.486 e. The van der Waals surface area contributed by atoms with E-state index >= 15 is 0 Å². The van der Waals surface area contributed by atoms with E-state index in [4.69, 9.17) is 16.3 Å². The molecule has 7 heteroatoms. The van der Waals surface area contributed by atoms with Gasteiger partial charge in [0.15, 0.2) is 11.5 Å². The molecule has 0 aliphatic carbocycles. The molecule has 0 saturated carbocycles. The monoisotopic (exact) mass is 398 g/mol. The summed E-state index contributed by atoms with van der Waals surface area (Å²) in [6.07, 6.45) is 0. The van der Waals surface area contributed by atoms with E-state index in [0.29, 0.717) is 0 Å². The predicted molar refractivity (Wildman–Crippen MR) is 106 cm³/mol. The number of benzene rings is 2. The van der Waals surface area contributed by atoms with Crippen LogP contribution in [0.25, 0.3) is 5.76 Å². The van der Waals surface area contributed by atoms with Gasteiger partial charge in [0, 0.05) is 16.5 Å². The average molecular weight is 399 g/mol. The first kappa shape index (κ1) is 21.1. The lowest BCUT2D eigenvalue weighted by Crippen LogP contribution is -2.23. The summed E-state index contributed by atoms with van der Waals surface area (Å²) in [6, 6.07) is 15.0. The van der Waals surface area contributed by atoms with Crippen molar-refractivity contribution in [3.05, 3.63) is 80.4 Å². The summed E-state index contributed by atoms with van der Waals surface area (Å²) in [5.74, 6) is -0.600. The van der Waals surface area contributed by atoms with Crippen LogP contribution >= 0.6 is 11.6 Å². The van der Waals surface area contributed by atoms with Gasteiger partial charge in [-0.15, -0.1) is 0 Å². The molecule has 0 heterocycles. The van der Waals surface area contributed by atoms with E-state index in [1.165, 1.54) is 18.2 Å². The molecule has 6 nitrogen and oxygen atoms in total. The van der Waals surface area contributed by atoms with Crippen LogP contribution in [-0.4, -0.2) is 10.7 Å². The predicted octanol–water partition coefficient (Wildman–Crippen LogP) is 5.31. The zero-order valence-electron chi connectivity index (χ0n) is 15.7. The van der Waals surface area contributed by atoms with Gasteiger partial charge in [-0.25, -0.2) is 0 Å². The molecule has 0 aliphatic rings. The van der Waals surface area contributed by atoms with Crippen molar-refractivity contribution < 1.29 is 14.5 Å². The van der Waals surface area contributed by atoms with Gasteiger partial charge in [0.25, 0.3) is 5.69 Å². The van der Waals surface area contributed by atoms with Crippen LogP contribution in [0.15, 0.2) is 54.1 Å². The molecule has 0 amide bonds. The van der Waals surface area contributed by atoms with Crippen LogP contribution in [0, 0.1) is 26.9 Å². The van der Waals surface area contributed by atoms with Gasteiger partial charge in [0.2, 0.25) is 0 Å². The van der Waals surface area contributed by atoms with Crippen molar-refractivity contribution in [1.82, 2.24) is 0 Å². The molecule has 0 atom stereocenters. The van der Waals surface area contributed by atoms with Crippen molar-refractivity contribution >= 4 is 28.8 Å². The second-order valence-corrected chi connectivity index (χ2v) is 7.52. The van der Waals surface area contributed by atoms with Crippen molar-refractivity contribution in [2.45, 2.75) is 27.4 Å². The van der Waals surface area contributed by atoms with Crippen molar-refractivity contribution in [2.24, 2.45) is 5.41 Å². The molecule has 0 radical (unpaired) electrons. The van der Waals surface area contributed by atoms with E-state index in [2.05, 4.69) is 0 Å². The Balaban J connectivity index is 2.66. The zero-order chi connectivity index (χ0) is 20.9. The topological polar surface area (TPSA) is 93.2 Å². The highest BCUT2D eigenvalue weighted by molar-refractivity contribution is 6.30. The molecule has 0 fully saturated rings. The minimum atomic E-state index is -0.867. The highest BCUT2D eigenvalue weighted by atomic mass is 35.5. The van der Waals surface area contributed by atoms with Gasteiger partial charge < -0.3 is 4.74 Å². The second-order valence-electron chi connectivity index (χ2n) is 7.09. The quantitative estimate of drug-likeness (QED) is 0.216. The third-order valence-electron chi connectivity index (χ3n) is 3.87. The number of halogens is 1. The van der Waals surface area contributed by atoms with Crippen LogP contribution in [0.3, 0.4) is 0 Å². The zero-order valence-corrected chi connectivity index (χ0v) is 16.5. The van der Waals surface area contributed by atoms with Crippen LogP contribution in [-0.2, 0) is 16.1 Å². The summed E-state index contributed by atoms with van der Waals surface area (Å²) in [5, 5.41) is 21.4. The molecule has 28 heavy (non-hydrogen) atoms. The first-order valence-corrected chi connectivity index (χ1v) is 8.83. The SMILES string of the molecule is CC(C)(C)C(=O)/C(C#N)=C(\OCc1ccccc1)c1ccc(Cl)cc1[N+](=O)[O-]. The largest absolute Gasteiger partial charge is 0.486 e. The number of carbonyl (C=O) groups is 1. The van der Waals surface area contributed by atoms with Gasteiger partial charge in [0.05, 0.1) is 10.5 Å². The van der Waals surface area contributed by atoms with E-state index in [9.17, 15) is 20.2 Å². The van der Waals surface area contributed by atoms with Gasteiger partial charge >= 0.3 is 0 Å². The summed E-state index contributed by atoms with van der Waals surface area (Å²) in [6.45, 7) is 5.03. The number of allylic oxidation sites excluding steroid dienone is 1. The molecule has 0 spiro atoms. The second kappa shape index (κ2) is 8.68. The van der Waals surface area contributed by atoms with Crippen LogP contribution in [0.4, 0.5) is 5.69 Å². The summed E-state index contributed by atoms with van der Waals surface area (Å²) in [5.41, 5.74) is -0.663. The Morgan fingerprint density at radius 2 is 1.86 bits per heavy atom. The van der Waals surface area contributed by atoms with E-state index < -0.39 is 16.1 Å². The highest BCUT2D eigenvalue weighted by Gasteiger charge is 2.31. The summed E-state index contributed by atoms with van der Waals surface area (Å²) >= 11 is 5.89. The third kappa shape index (κ3) is 4.96. The first-order valence-electron chi connectivity index (χ1n) is 8.45. The summed E-state index contributed by atoms with van der Waals surface area (Å²) in [7, 11) is 0. The summed E-state index contributed by atoms with van der Waals surface area (Å²) < 4.78 is 5.80. The molecule has 2 aromatic rings. The maximum absolute atomic E-state index is 12.8. The highest BCUT2D eigenvalue weighted by Crippen LogP contribution is 2.34. The molecule has 0 aliphatic heterocycles.